The predicted molar refractivity (Wildman–Crippen MR) is 141 cm³/mol. The summed E-state index contributed by atoms with van der Waals surface area (Å²) in [7, 11) is 5.30. The van der Waals surface area contributed by atoms with Gasteiger partial charge in [0, 0.05) is 42.2 Å². The monoisotopic (exact) mass is 500 g/mol. The van der Waals surface area contributed by atoms with Crippen LogP contribution in [0, 0.1) is 0 Å². The smallest absolute Gasteiger partial charge is 0.337 e. The third-order valence-corrected chi connectivity index (χ3v) is 5.87. The lowest BCUT2D eigenvalue weighted by Crippen LogP contribution is -2.11. The molecule has 3 aromatic rings. The van der Waals surface area contributed by atoms with Crippen molar-refractivity contribution in [3.63, 3.8) is 0 Å². The van der Waals surface area contributed by atoms with E-state index in [4.69, 9.17) is 9.84 Å². The fourth-order valence-corrected chi connectivity index (χ4v) is 4.16. The molecule has 0 unspecified atom stereocenters. The summed E-state index contributed by atoms with van der Waals surface area (Å²) in [5.41, 5.74) is 5.64. The third-order valence-electron chi connectivity index (χ3n) is 5.87. The maximum atomic E-state index is 13.2. The highest BCUT2D eigenvalue weighted by Crippen LogP contribution is 2.38. The molecule has 0 aliphatic carbocycles. The van der Waals surface area contributed by atoms with Crippen LogP contribution in [0.25, 0.3) is 11.3 Å². The molecule has 1 aromatic heterocycles. The van der Waals surface area contributed by atoms with Gasteiger partial charge in [-0.1, -0.05) is 18.2 Å². The van der Waals surface area contributed by atoms with Gasteiger partial charge in [0.25, 0.3) is 5.91 Å². The normalized spacial score (nSPS) is 13.7. The van der Waals surface area contributed by atoms with Crippen LogP contribution in [0.4, 0.5) is 11.4 Å². The van der Waals surface area contributed by atoms with Crippen molar-refractivity contribution in [1.82, 2.24) is 9.88 Å². The highest BCUT2D eigenvalue weighted by atomic mass is 16.5. The number of anilines is 2. The van der Waals surface area contributed by atoms with E-state index in [0.29, 0.717) is 40.1 Å². The number of ether oxygens (including phenoxy) is 1. The number of nitrogens with zero attached hydrogens (tertiary/aromatic N) is 2. The van der Waals surface area contributed by atoms with Gasteiger partial charge in [0.05, 0.1) is 29.6 Å². The third kappa shape index (κ3) is 6.02. The topological polar surface area (TPSA) is 121 Å². The van der Waals surface area contributed by atoms with Gasteiger partial charge < -0.3 is 25.4 Å². The van der Waals surface area contributed by atoms with Crippen molar-refractivity contribution in [2.24, 2.45) is 0 Å². The summed E-state index contributed by atoms with van der Waals surface area (Å²) in [6, 6.07) is 14.6. The van der Waals surface area contributed by atoms with Crippen LogP contribution in [0.2, 0.25) is 0 Å². The number of carbonyl (C=O) groups is 3. The molecule has 3 N–H and O–H groups in total. The Bertz CT molecular complexity index is 1380. The molecule has 37 heavy (non-hydrogen) atoms. The van der Waals surface area contributed by atoms with Gasteiger partial charge in [0.1, 0.15) is 0 Å². The first-order valence-electron chi connectivity index (χ1n) is 11.7. The fraction of sp³-hybridized carbons (Fsp3) is 0.214. The van der Waals surface area contributed by atoms with Gasteiger partial charge in [0.15, 0.2) is 0 Å². The number of pyridine rings is 1. The Labute approximate surface area is 214 Å². The summed E-state index contributed by atoms with van der Waals surface area (Å²) in [6.45, 7) is 0.794. The standard InChI is InChI=1S/C28H28N4O5/c1-32(2)16-17-4-8-21(9-5-17)30-26(20-12-18(14-29-15-20)6-11-24(33)34)25-22-10-7-19(28(36)37-3)13-23(22)31-27(25)35/h4-5,7-10,12-15,30H,6,11,16H2,1-3H3,(H,31,35)(H,33,34). The average Bonchev–Trinajstić information content (AvgIpc) is 3.21. The minimum Gasteiger partial charge on any atom is -0.481 e. The Balaban J connectivity index is 1.80. The zero-order valence-corrected chi connectivity index (χ0v) is 20.9. The number of carboxylic acids is 1. The van der Waals surface area contributed by atoms with Crippen molar-refractivity contribution in [3.05, 3.63) is 88.7 Å². The molecule has 0 atom stereocenters. The quantitative estimate of drug-likeness (QED) is 0.299. The summed E-state index contributed by atoms with van der Waals surface area (Å²) in [5.74, 6) is -1.73. The summed E-state index contributed by atoms with van der Waals surface area (Å²) >= 11 is 0. The molecule has 0 saturated heterocycles. The molecule has 9 nitrogen and oxygen atoms in total. The van der Waals surface area contributed by atoms with E-state index in [1.54, 1.807) is 30.6 Å². The molecule has 0 bridgehead atoms. The Morgan fingerprint density at radius 1 is 1.03 bits per heavy atom. The highest BCUT2D eigenvalue weighted by molar-refractivity contribution is 6.37. The first kappa shape index (κ1) is 25.6. The van der Waals surface area contributed by atoms with Gasteiger partial charge in [-0.3, -0.25) is 14.6 Å². The summed E-state index contributed by atoms with van der Waals surface area (Å²) in [6.07, 6.45) is 3.53. The molecule has 1 aliphatic rings. The van der Waals surface area contributed by atoms with Crippen LogP contribution in [-0.2, 0) is 27.3 Å². The number of hydrogen-bond donors (Lipinski definition) is 3. The van der Waals surface area contributed by atoms with E-state index < -0.39 is 11.9 Å². The second-order valence-corrected chi connectivity index (χ2v) is 8.99. The molecule has 0 fully saturated rings. The van der Waals surface area contributed by atoms with Crippen LogP contribution >= 0.6 is 0 Å². The van der Waals surface area contributed by atoms with Gasteiger partial charge in [-0.25, -0.2) is 4.79 Å². The number of carboxylic acid groups (broad SMARTS) is 1. The van der Waals surface area contributed by atoms with Gasteiger partial charge >= 0.3 is 11.9 Å². The summed E-state index contributed by atoms with van der Waals surface area (Å²) in [4.78, 5) is 42.7. The molecular weight excluding hydrogens is 472 g/mol. The molecule has 1 amide bonds. The van der Waals surface area contributed by atoms with Crippen molar-refractivity contribution < 1.29 is 24.2 Å². The molecule has 2 heterocycles. The lowest BCUT2D eigenvalue weighted by Gasteiger charge is -2.16. The Morgan fingerprint density at radius 3 is 2.46 bits per heavy atom. The summed E-state index contributed by atoms with van der Waals surface area (Å²) in [5, 5.41) is 15.3. The van der Waals surface area contributed by atoms with Gasteiger partial charge in [-0.05, 0) is 62.0 Å². The van der Waals surface area contributed by atoms with Crippen LogP contribution in [0.5, 0.6) is 0 Å². The molecule has 0 spiro atoms. The van der Waals surface area contributed by atoms with Crippen molar-refractivity contribution in [2.45, 2.75) is 19.4 Å². The van der Waals surface area contributed by atoms with Gasteiger partial charge in [-0.2, -0.15) is 0 Å². The van der Waals surface area contributed by atoms with Gasteiger partial charge in [-0.15, -0.1) is 0 Å². The lowest BCUT2D eigenvalue weighted by molar-refractivity contribution is -0.137. The number of methoxy groups -OCH3 is 1. The predicted octanol–water partition coefficient (Wildman–Crippen LogP) is 3.88. The molecule has 0 saturated carbocycles. The molecule has 0 radical (unpaired) electrons. The second-order valence-electron chi connectivity index (χ2n) is 8.99. The molecular formula is C28H28N4O5. The van der Waals surface area contributed by atoms with Crippen molar-refractivity contribution in [2.75, 3.05) is 31.8 Å². The number of rotatable bonds is 9. The zero-order valence-electron chi connectivity index (χ0n) is 20.9. The molecule has 1 aliphatic heterocycles. The largest absolute Gasteiger partial charge is 0.481 e. The minimum absolute atomic E-state index is 0.0303. The Kier molecular flexibility index (Phi) is 7.64. The Morgan fingerprint density at radius 2 is 1.78 bits per heavy atom. The number of benzene rings is 2. The number of hydrogen-bond acceptors (Lipinski definition) is 7. The zero-order chi connectivity index (χ0) is 26.5. The van der Waals surface area contributed by atoms with Crippen LogP contribution in [-0.4, -0.2) is 54.0 Å². The van der Waals surface area contributed by atoms with E-state index in [0.717, 1.165) is 23.4 Å². The maximum absolute atomic E-state index is 13.2. The number of aromatic nitrogens is 1. The van der Waals surface area contributed by atoms with Crippen LogP contribution < -0.4 is 10.6 Å². The van der Waals surface area contributed by atoms with Crippen molar-refractivity contribution in [3.8, 4) is 0 Å². The first-order chi connectivity index (χ1) is 17.7. The number of esters is 1. The van der Waals surface area contributed by atoms with E-state index in [2.05, 4.69) is 20.5 Å². The van der Waals surface area contributed by atoms with Crippen molar-refractivity contribution >= 4 is 40.5 Å². The van der Waals surface area contributed by atoms with Gasteiger partial charge in [0.2, 0.25) is 0 Å². The molecule has 190 valence electrons. The molecule has 4 rings (SSSR count). The van der Waals surface area contributed by atoms with E-state index in [9.17, 15) is 14.4 Å². The van der Waals surface area contributed by atoms with Crippen LogP contribution in [0.3, 0.4) is 0 Å². The van der Waals surface area contributed by atoms with E-state index in [1.807, 2.05) is 44.4 Å². The van der Waals surface area contributed by atoms with Crippen LogP contribution in [0.1, 0.15) is 39.0 Å². The Hall–Kier alpha value is -4.50. The minimum atomic E-state index is -0.898. The van der Waals surface area contributed by atoms with E-state index in [1.165, 1.54) is 7.11 Å². The van der Waals surface area contributed by atoms with Crippen LogP contribution in [0.15, 0.2) is 60.9 Å². The van der Waals surface area contributed by atoms with Crippen molar-refractivity contribution in [1.29, 1.82) is 0 Å². The second kappa shape index (κ2) is 11.0. The number of aliphatic carboxylic acids is 1. The number of nitrogens with one attached hydrogen (secondary N) is 2. The highest BCUT2D eigenvalue weighted by Gasteiger charge is 2.29. The van der Waals surface area contributed by atoms with E-state index >= 15 is 0 Å². The fourth-order valence-electron chi connectivity index (χ4n) is 4.16. The number of fused-ring (bicyclic) bond motifs is 1. The lowest BCUT2D eigenvalue weighted by atomic mass is 9.98. The average molecular weight is 501 g/mol. The number of carbonyl (C=O) groups excluding carboxylic acids is 2. The summed E-state index contributed by atoms with van der Waals surface area (Å²) < 4.78 is 4.80. The maximum Gasteiger partial charge on any atom is 0.337 e. The number of amides is 1. The van der Waals surface area contributed by atoms with E-state index in [-0.39, 0.29) is 12.3 Å². The molecule has 2 aromatic carbocycles. The molecule has 9 heteroatoms. The number of aryl methyl sites for hydroxylation is 1. The SMILES string of the molecule is COC(=O)c1ccc2c(c1)NC(=O)C2=C(Nc1ccc(CN(C)C)cc1)c1cncc(CCC(=O)O)c1. The first-order valence-corrected chi connectivity index (χ1v) is 11.7.